The second-order valence-corrected chi connectivity index (χ2v) is 4.01. The molecule has 2 amide bonds. The van der Waals surface area contributed by atoms with Crippen molar-refractivity contribution in [1.82, 2.24) is 10.2 Å². The number of alkyl halides is 1. The fraction of sp³-hybridized carbons (Fsp3) is 0.778. The lowest BCUT2D eigenvalue weighted by Gasteiger charge is -2.22. The molecule has 4 nitrogen and oxygen atoms in total. The third-order valence-corrected chi connectivity index (χ3v) is 2.97. The normalized spacial score (nSPS) is 12.0. The van der Waals surface area contributed by atoms with Gasteiger partial charge in [-0.1, -0.05) is 22.9 Å². The summed E-state index contributed by atoms with van der Waals surface area (Å²) < 4.78 is 0. The minimum absolute atomic E-state index is 0.0291. The monoisotopic (exact) mass is 264 g/mol. The molecular formula is C9H17BrN2O2. The molecule has 1 N–H and O–H groups in total. The van der Waals surface area contributed by atoms with E-state index in [0.29, 0.717) is 6.54 Å². The Labute approximate surface area is 93.2 Å². The predicted molar refractivity (Wildman–Crippen MR) is 59.3 cm³/mol. The summed E-state index contributed by atoms with van der Waals surface area (Å²) in [4.78, 5) is 24.1. The summed E-state index contributed by atoms with van der Waals surface area (Å²) in [5, 5.41) is 2.49. The first kappa shape index (κ1) is 13.4. The van der Waals surface area contributed by atoms with E-state index in [2.05, 4.69) is 21.2 Å². The Kier molecular flexibility index (Phi) is 6.53. The lowest BCUT2D eigenvalue weighted by atomic mass is 10.3. The van der Waals surface area contributed by atoms with Gasteiger partial charge >= 0.3 is 0 Å². The molecule has 0 aliphatic rings. The van der Waals surface area contributed by atoms with Gasteiger partial charge in [-0.05, 0) is 13.3 Å². The van der Waals surface area contributed by atoms with E-state index in [1.165, 1.54) is 4.90 Å². The largest absolute Gasteiger partial charge is 0.358 e. The molecule has 1 unspecified atom stereocenters. The molecule has 0 bridgehead atoms. The fourth-order valence-corrected chi connectivity index (χ4v) is 1.26. The number of hydrogen-bond donors (Lipinski definition) is 1. The molecule has 1 atom stereocenters. The van der Waals surface area contributed by atoms with E-state index in [9.17, 15) is 9.59 Å². The first-order chi connectivity index (χ1) is 6.56. The van der Waals surface area contributed by atoms with Gasteiger partial charge in [0.15, 0.2) is 0 Å². The van der Waals surface area contributed by atoms with E-state index < -0.39 is 0 Å². The van der Waals surface area contributed by atoms with Crippen molar-refractivity contribution in [2.45, 2.75) is 25.1 Å². The molecule has 0 aromatic heterocycles. The van der Waals surface area contributed by atoms with Crippen LogP contribution >= 0.6 is 15.9 Å². The average molecular weight is 265 g/mol. The van der Waals surface area contributed by atoms with Crippen molar-refractivity contribution in [2.75, 3.05) is 20.1 Å². The second kappa shape index (κ2) is 6.81. The number of amides is 2. The minimum atomic E-state index is -0.188. The van der Waals surface area contributed by atoms with E-state index in [1.807, 2.05) is 13.8 Å². The van der Waals surface area contributed by atoms with Crippen LogP contribution in [0.1, 0.15) is 20.3 Å². The molecule has 0 aliphatic heterocycles. The van der Waals surface area contributed by atoms with Crippen molar-refractivity contribution in [3.63, 3.8) is 0 Å². The molecule has 0 saturated carbocycles. The van der Waals surface area contributed by atoms with E-state index in [4.69, 9.17) is 0 Å². The van der Waals surface area contributed by atoms with Crippen molar-refractivity contribution in [3.05, 3.63) is 0 Å². The molecule has 0 aliphatic carbocycles. The summed E-state index contributed by atoms with van der Waals surface area (Å²) >= 11 is 3.27. The van der Waals surface area contributed by atoms with Crippen LogP contribution in [0.2, 0.25) is 0 Å². The van der Waals surface area contributed by atoms with Crippen LogP contribution in [0.5, 0.6) is 0 Å². The smallest absolute Gasteiger partial charge is 0.239 e. The maximum absolute atomic E-state index is 11.7. The van der Waals surface area contributed by atoms with Crippen LogP contribution in [0.15, 0.2) is 0 Å². The first-order valence-corrected chi connectivity index (χ1v) is 5.61. The van der Waals surface area contributed by atoms with E-state index in [1.54, 1.807) is 7.05 Å². The number of nitrogens with one attached hydrogen (secondary N) is 1. The molecule has 0 spiro atoms. The second-order valence-electron chi connectivity index (χ2n) is 2.90. The van der Waals surface area contributed by atoms with Crippen molar-refractivity contribution in [2.24, 2.45) is 0 Å². The summed E-state index contributed by atoms with van der Waals surface area (Å²) in [5.74, 6) is -0.172. The van der Waals surface area contributed by atoms with Crippen molar-refractivity contribution >= 4 is 27.7 Å². The highest BCUT2D eigenvalue weighted by Gasteiger charge is 2.20. The molecule has 0 heterocycles. The Morgan fingerprint density at radius 3 is 2.36 bits per heavy atom. The van der Waals surface area contributed by atoms with Gasteiger partial charge in [0.05, 0.1) is 11.4 Å². The SMILES string of the molecule is CCC(Br)C(=O)N(CC)CC(=O)NC. The maximum Gasteiger partial charge on any atom is 0.239 e. The van der Waals surface area contributed by atoms with E-state index >= 15 is 0 Å². The highest BCUT2D eigenvalue weighted by Crippen LogP contribution is 2.08. The Bertz CT molecular complexity index is 209. The molecule has 0 aromatic carbocycles. The first-order valence-electron chi connectivity index (χ1n) is 4.70. The molecule has 0 radical (unpaired) electrons. The average Bonchev–Trinajstić information content (AvgIpc) is 2.23. The number of rotatable bonds is 5. The summed E-state index contributed by atoms with van der Waals surface area (Å²) in [6, 6.07) is 0. The third kappa shape index (κ3) is 4.09. The molecule has 5 heteroatoms. The third-order valence-electron chi connectivity index (χ3n) is 1.93. The summed E-state index contributed by atoms with van der Waals surface area (Å²) in [6.07, 6.45) is 0.725. The summed E-state index contributed by atoms with van der Waals surface area (Å²) in [7, 11) is 1.56. The van der Waals surface area contributed by atoms with Crippen LogP contribution in [-0.2, 0) is 9.59 Å². The molecular weight excluding hydrogens is 248 g/mol. The van der Waals surface area contributed by atoms with Gasteiger partial charge in [-0.3, -0.25) is 9.59 Å². The summed E-state index contributed by atoms with van der Waals surface area (Å²) in [6.45, 7) is 4.46. The lowest BCUT2D eigenvalue weighted by Crippen LogP contribution is -2.42. The topological polar surface area (TPSA) is 49.4 Å². The van der Waals surface area contributed by atoms with Crippen LogP contribution in [-0.4, -0.2) is 41.7 Å². The van der Waals surface area contributed by atoms with Crippen LogP contribution in [0, 0.1) is 0 Å². The molecule has 82 valence electrons. The van der Waals surface area contributed by atoms with Gasteiger partial charge in [0.2, 0.25) is 11.8 Å². The van der Waals surface area contributed by atoms with Gasteiger partial charge in [0, 0.05) is 13.6 Å². The molecule has 0 rings (SSSR count). The number of hydrogen-bond acceptors (Lipinski definition) is 2. The Morgan fingerprint density at radius 2 is 2.00 bits per heavy atom. The highest BCUT2D eigenvalue weighted by molar-refractivity contribution is 9.10. The lowest BCUT2D eigenvalue weighted by molar-refractivity contribution is -0.135. The quantitative estimate of drug-likeness (QED) is 0.746. The standard InChI is InChI=1S/C9H17BrN2O2/c1-4-7(10)9(14)12(5-2)6-8(13)11-3/h7H,4-6H2,1-3H3,(H,11,13). The molecule has 0 saturated heterocycles. The maximum atomic E-state index is 11.7. The van der Waals surface area contributed by atoms with Crippen LogP contribution in [0.4, 0.5) is 0 Å². The zero-order valence-electron chi connectivity index (χ0n) is 8.84. The zero-order valence-corrected chi connectivity index (χ0v) is 10.4. The molecule has 0 aromatic rings. The highest BCUT2D eigenvalue weighted by atomic mass is 79.9. The van der Waals surface area contributed by atoms with E-state index in [-0.39, 0.29) is 23.2 Å². The Hall–Kier alpha value is -0.580. The number of halogens is 1. The van der Waals surface area contributed by atoms with Gasteiger partial charge in [-0.2, -0.15) is 0 Å². The number of nitrogens with zero attached hydrogens (tertiary/aromatic N) is 1. The molecule has 0 fully saturated rings. The van der Waals surface area contributed by atoms with Crippen molar-refractivity contribution in [1.29, 1.82) is 0 Å². The number of carbonyl (C=O) groups excluding carboxylic acids is 2. The fourth-order valence-electron chi connectivity index (χ4n) is 0.971. The van der Waals surface area contributed by atoms with Crippen molar-refractivity contribution < 1.29 is 9.59 Å². The molecule has 14 heavy (non-hydrogen) atoms. The number of carbonyl (C=O) groups is 2. The van der Waals surface area contributed by atoms with E-state index in [0.717, 1.165) is 6.42 Å². The van der Waals surface area contributed by atoms with Crippen molar-refractivity contribution in [3.8, 4) is 0 Å². The van der Waals surface area contributed by atoms with Gasteiger partial charge < -0.3 is 10.2 Å². The van der Waals surface area contributed by atoms with Gasteiger partial charge in [-0.15, -0.1) is 0 Å². The number of likely N-dealkylation sites (N-methyl/N-ethyl adjacent to an activating group) is 2. The van der Waals surface area contributed by atoms with Gasteiger partial charge in [-0.25, -0.2) is 0 Å². The van der Waals surface area contributed by atoms with Crippen LogP contribution in [0.25, 0.3) is 0 Å². The van der Waals surface area contributed by atoms with Crippen LogP contribution < -0.4 is 5.32 Å². The Morgan fingerprint density at radius 1 is 1.43 bits per heavy atom. The van der Waals surface area contributed by atoms with Gasteiger partial charge in [0.25, 0.3) is 0 Å². The van der Waals surface area contributed by atoms with Gasteiger partial charge in [0.1, 0.15) is 0 Å². The van der Waals surface area contributed by atoms with Crippen LogP contribution in [0.3, 0.4) is 0 Å². The Balaban J connectivity index is 4.26. The minimum Gasteiger partial charge on any atom is -0.358 e. The zero-order chi connectivity index (χ0) is 11.1. The summed E-state index contributed by atoms with van der Waals surface area (Å²) in [5.41, 5.74) is 0. The predicted octanol–water partition coefficient (Wildman–Crippen LogP) is 0.754.